The number of carboxylic acids is 1. The summed E-state index contributed by atoms with van der Waals surface area (Å²) in [4.78, 5) is 36.3. The Kier molecular flexibility index (Phi) is 7.15. The molecule has 4 N–H and O–H groups in total. The molecule has 2 atom stereocenters. The number of aliphatic hydroxyl groups excluding tert-OH is 1. The summed E-state index contributed by atoms with van der Waals surface area (Å²) in [6.07, 6.45) is -1.06. The van der Waals surface area contributed by atoms with Crippen molar-refractivity contribution in [1.29, 1.82) is 0 Å². The largest absolute Gasteiger partial charge is 0.481 e. The molecule has 0 bridgehead atoms. The van der Waals surface area contributed by atoms with Crippen LogP contribution in [0, 0.1) is 0 Å². The van der Waals surface area contributed by atoms with Crippen molar-refractivity contribution in [2.75, 3.05) is 13.2 Å². The number of hydrogen-bond donors (Lipinski definition) is 4. The van der Waals surface area contributed by atoms with Gasteiger partial charge in [0.15, 0.2) is 0 Å². The average Bonchev–Trinajstić information content (AvgIpc) is 3.10. The molecule has 32 heavy (non-hydrogen) atoms. The minimum absolute atomic E-state index is 0.0462. The van der Waals surface area contributed by atoms with Crippen LogP contribution in [0.2, 0.25) is 0 Å². The molecule has 2 unspecified atom stereocenters. The van der Waals surface area contributed by atoms with Crippen LogP contribution >= 0.6 is 0 Å². The second kappa shape index (κ2) is 9.82. The fourth-order valence-electron chi connectivity index (χ4n) is 3.79. The zero-order valence-electron chi connectivity index (χ0n) is 18.1. The number of carboxylic acid groups (broad SMARTS) is 1. The van der Waals surface area contributed by atoms with E-state index in [1.807, 2.05) is 48.5 Å². The summed E-state index contributed by atoms with van der Waals surface area (Å²) >= 11 is 0. The predicted octanol–water partition coefficient (Wildman–Crippen LogP) is 2.65. The highest BCUT2D eigenvalue weighted by atomic mass is 16.5. The smallest absolute Gasteiger partial charge is 0.407 e. The monoisotopic (exact) mass is 440 g/mol. The lowest BCUT2D eigenvalue weighted by Crippen LogP contribution is -2.56. The fraction of sp³-hybridized carbons (Fsp3) is 0.375. The maximum absolute atomic E-state index is 12.6. The number of ether oxygens (including phenoxy) is 1. The van der Waals surface area contributed by atoms with Gasteiger partial charge in [0, 0.05) is 5.92 Å². The van der Waals surface area contributed by atoms with Gasteiger partial charge >= 0.3 is 12.1 Å². The van der Waals surface area contributed by atoms with E-state index in [4.69, 9.17) is 9.84 Å². The first-order valence-corrected chi connectivity index (χ1v) is 10.5. The minimum atomic E-state index is -1.33. The standard InChI is InChI=1S/C24H28N2O6/c1-3-24(2,14-27)26-22(30)20(12-21(28)29)25-23(31)32-13-19-17-10-6-4-8-15(17)16-9-5-7-11-18(16)19/h4-11,19-20,27H,3,12-14H2,1-2H3,(H,25,31)(H,26,30)(H,28,29). The van der Waals surface area contributed by atoms with Crippen LogP contribution in [0.5, 0.6) is 0 Å². The third kappa shape index (κ3) is 5.08. The first kappa shape index (κ1) is 23.3. The van der Waals surface area contributed by atoms with Crippen LogP contribution in [-0.4, -0.2) is 53.0 Å². The number of carbonyl (C=O) groups excluding carboxylic acids is 2. The van der Waals surface area contributed by atoms with Gasteiger partial charge in [-0.15, -0.1) is 0 Å². The average molecular weight is 440 g/mol. The normalized spacial score (nSPS) is 15.1. The van der Waals surface area contributed by atoms with Crippen molar-refractivity contribution in [3.05, 3.63) is 59.7 Å². The zero-order chi connectivity index (χ0) is 23.3. The van der Waals surface area contributed by atoms with E-state index in [9.17, 15) is 19.5 Å². The second-order valence-corrected chi connectivity index (χ2v) is 8.18. The number of amides is 2. The number of hydrogen-bond acceptors (Lipinski definition) is 5. The first-order valence-electron chi connectivity index (χ1n) is 10.5. The number of carbonyl (C=O) groups is 3. The maximum Gasteiger partial charge on any atom is 0.407 e. The fourth-order valence-corrected chi connectivity index (χ4v) is 3.79. The summed E-state index contributed by atoms with van der Waals surface area (Å²) in [5.41, 5.74) is 3.34. The van der Waals surface area contributed by atoms with Crippen molar-refractivity contribution in [3.8, 4) is 11.1 Å². The van der Waals surface area contributed by atoms with Crippen LogP contribution in [0.1, 0.15) is 43.7 Å². The van der Waals surface area contributed by atoms with Crippen LogP contribution < -0.4 is 10.6 Å². The molecule has 0 heterocycles. The molecule has 2 amide bonds. The Morgan fingerprint density at radius 1 is 1.06 bits per heavy atom. The van der Waals surface area contributed by atoms with Gasteiger partial charge < -0.3 is 25.6 Å². The number of fused-ring (bicyclic) bond motifs is 3. The number of rotatable bonds is 9. The topological polar surface area (TPSA) is 125 Å². The van der Waals surface area contributed by atoms with E-state index in [0.29, 0.717) is 6.42 Å². The highest BCUT2D eigenvalue weighted by Crippen LogP contribution is 2.44. The number of aliphatic hydroxyl groups is 1. The molecule has 1 aliphatic rings. The molecule has 0 aromatic heterocycles. The molecule has 0 saturated carbocycles. The minimum Gasteiger partial charge on any atom is -0.481 e. The molecule has 170 valence electrons. The SMILES string of the molecule is CCC(C)(CO)NC(=O)C(CC(=O)O)NC(=O)OCC1c2ccccc2-c2ccccc21. The van der Waals surface area contributed by atoms with E-state index >= 15 is 0 Å². The van der Waals surface area contributed by atoms with Crippen LogP contribution in [0.4, 0.5) is 4.79 Å². The van der Waals surface area contributed by atoms with Crippen molar-refractivity contribution in [2.24, 2.45) is 0 Å². The van der Waals surface area contributed by atoms with E-state index in [-0.39, 0.29) is 19.1 Å². The van der Waals surface area contributed by atoms with Gasteiger partial charge in [0.25, 0.3) is 0 Å². The molecular formula is C24H28N2O6. The van der Waals surface area contributed by atoms with Gasteiger partial charge in [-0.3, -0.25) is 9.59 Å². The van der Waals surface area contributed by atoms with Crippen molar-refractivity contribution < 1.29 is 29.3 Å². The number of benzene rings is 2. The quantitative estimate of drug-likeness (QED) is 0.475. The first-order chi connectivity index (χ1) is 15.3. The molecule has 0 saturated heterocycles. The third-order valence-electron chi connectivity index (χ3n) is 5.89. The molecule has 2 aromatic rings. The zero-order valence-corrected chi connectivity index (χ0v) is 18.1. The lowest BCUT2D eigenvalue weighted by Gasteiger charge is -2.29. The van der Waals surface area contributed by atoms with Crippen LogP contribution in [0.15, 0.2) is 48.5 Å². The third-order valence-corrected chi connectivity index (χ3v) is 5.89. The lowest BCUT2D eigenvalue weighted by atomic mass is 9.98. The molecule has 8 nitrogen and oxygen atoms in total. The van der Waals surface area contributed by atoms with E-state index < -0.39 is 36.0 Å². The Balaban J connectivity index is 1.68. The summed E-state index contributed by atoms with van der Waals surface area (Å²) in [7, 11) is 0. The van der Waals surface area contributed by atoms with Crippen molar-refractivity contribution in [2.45, 2.75) is 44.2 Å². The van der Waals surface area contributed by atoms with E-state index in [1.54, 1.807) is 13.8 Å². The highest BCUT2D eigenvalue weighted by molar-refractivity contribution is 5.89. The Hall–Kier alpha value is -3.39. The van der Waals surface area contributed by atoms with Crippen LogP contribution in [0.3, 0.4) is 0 Å². The van der Waals surface area contributed by atoms with Gasteiger partial charge in [0.1, 0.15) is 12.6 Å². The van der Waals surface area contributed by atoms with Gasteiger partial charge in [0.05, 0.1) is 18.6 Å². The Morgan fingerprint density at radius 3 is 2.12 bits per heavy atom. The summed E-state index contributed by atoms with van der Waals surface area (Å²) in [6, 6.07) is 14.5. The lowest BCUT2D eigenvalue weighted by molar-refractivity contribution is -0.140. The molecule has 8 heteroatoms. The Labute approximate surface area is 186 Å². The highest BCUT2D eigenvalue weighted by Gasteiger charge is 2.32. The number of nitrogens with one attached hydrogen (secondary N) is 2. The molecule has 3 rings (SSSR count). The van der Waals surface area contributed by atoms with Gasteiger partial charge in [-0.2, -0.15) is 0 Å². The summed E-state index contributed by atoms with van der Waals surface area (Å²) in [6.45, 7) is 3.14. The van der Waals surface area contributed by atoms with Gasteiger partial charge in [0.2, 0.25) is 5.91 Å². The molecule has 0 spiro atoms. The molecule has 1 aliphatic carbocycles. The molecule has 2 aromatic carbocycles. The van der Waals surface area contributed by atoms with Gasteiger partial charge in [-0.1, -0.05) is 55.5 Å². The molecule has 0 aliphatic heterocycles. The summed E-state index contributed by atoms with van der Waals surface area (Å²) < 4.78 is 5.41. The summed E-state index contributed by atoms with van der Waals surface area (Å²) in [5.74, 6) is -2.09. The van der Waals surface area contributed by atoms with E-state index in [2.05, 4.69) is 10.6 Å². The summed E-state index contributed by atoms with van der Waals surface area (Å²) in [5, 5.41) is 23.6. The van der Waals surface area contributed by atoms with Crippen molar-refractivity contribution in [3.63, 3.8) is 0 Å². The van der Waals surface area contributed by atoms with Gasteiger partial charge in [-0.25, -0.2) is 4.79 Å². The van der Waals surface area contributed by atoms with Crippen LogP contribution in [-0.2, 0) is 14.3 Å². The molecule has 0 radical (unpaired) electrons. The maximum atomic E-state index is 12.6. The van der Waals surface area contributed by atoms with Crippen LogP contribution in [0.25, 0.3) is 11.1 Å². The number of aliphatic carboxylic acids is 1. The van der Waals surface area contributed by atoms with E-state index in [0.717, 1.165) is 22.3 Å². The molecule has 0 fully saturated rings. The van der Waals surface area contributed by atoms with E-state index in [1.165, 1.54) is 0 Å². The second-order valence-electron chi connectivity index (χ2n) is 8.18. The molecular weight excluding hydrogens is 412 g/mol. The predicted molar refractivity (Wildman–Crippen MR) is 118 cm³/mol. The Morgan fingerprint density at radius 2 is 1.62 bits per heavy atom. The number of alkyl carbamates (subject to hydrolysis) is 1. The Bertz CT molecular complexity index is 956. The van der Waals surface area contributed by atoms with Gasteiger partial charge in [-0.05, 0) is 35.6 Å². The van der Waals surface area contributed by atoms with Crippen molar-refractivity contribution >= 4 is 18.0 Å². The van der Waals surface area contributed by atoms with Crippen molar-refractivity contribution in [1.82, 2.24) is 10.6 Å².